The van der Waals surface area contributed by atoms with Gasteiger partial charge in [0, 0.05) is 31.2 Å². The molecule has 0 aliphatic rings. The fourth-order valence-electron chi connectivity index (χ4n) is 1.67. The van der Waals surface area contributed by atoms with Crippen LogP contribution in [0.15, 0.2) is 17.5 Å². The Morgan fingerprint density at radius 2 is 2.10 bits per heavy atom. The van der Waals surface area contributed by atoms with Crippen LogP contribution in [0, 0.1) is 6.92 Å². The van der Waals surface area contributed by atoms with Gasteiger partial charge in [0.25, 0.3) is 0 Å². The minimum atomic E-state index is -0.330. The van der Waals surface area contributed by atoms with Gasteiger partial charge in [-0.15, -0.1) is 11.3 Å². The summed E-state index contributed by atoms with van der Waals surface area (Å²) in [6, 6.07) is 2.01. The van der Waals surface area contributed by atoms with Crippen molar-refractivity contribution in [2.75, 3.05) is 33.9 Å². The molecule has 0 spiro atoms. The van der Waals surface area contributed by atoms with E-state index in [9.17, 15) is 9.59 Å². The van der Waals surface area contributed by atoms with E-state index in [4.69, 9.17) is 4.74 Å². The summed E-state index contributed by atoms with van der Waals surface area (Å²) >= 11 is 1.59. The molecular formula is C15H21NO4S. The number of ether oxygens (including phenoxy) is 2. The van der Waals surface area contributed by atoms with E-state index in [-0.39, 0.29) is 18.3 Å². The monoisotopic (exact) mass is 311 g/mol. The number of methoxy groups -OCH3 is 2. The number of amides is 1. The van der Waals surface area contributed by atoms with Gasteiger partial charge in [0.2, 0.25) is 5.91 Å². The van der Waals surface area contributed by atoms with Gasteiger partial charge in [-0.2, -0.15) is 0 Å². The Balaban J connectivity index is 2.63. The second kappa shape index (κ2) is 9.31. The average Bonchev–Trinajstić information content (AvgIpc) is 2.89. The topological polar surface area (TPSA) is 55.8 Å². The normalized spacial score (nSPS) is 10.8. The van der Waals surface area contributed by atoms with E-state index < -0.39 is 0 Å². The molecule has 1 aromatic heterocycles. The summed E-state index contributed by atoms with van der Waals surface area (Å²) in [6.45, 7) is 3.20. The van der Waals surface area contributed by atoms with Gasteiger partial charge in [0.05, 0.1) is 20.1 Å². The van der Waals surface area contributed by atoms with Gasteiger partial charge < -0.3 is 14.4 Å². The highest BCUT2D eigenvalue weighted by atomic mass is 32.1. The number of thiophene rings is 1. The molecule has 0 radical (unpaired) electrons. The molecule has 1 amide bonds. The van der Waals surface area contributed by atoms with E-state index in [1.54, 1.807) is 29.4 Å². The van der Waals surface area contributed by atoms with Crippen LogP contribution in [0.4, 0.5) is 0 Å². The van der Waals surface area contributed by atoms with Crippen LogP contribution in [-0.2, 0) is 19.1 Å². The Morgan fingerprint density at radius 1 is 1.33 bits per heavy atom. The molecule has 0 aliphatic carbocycles. The van der Waals surface area contributed by atoms with Crippen molar-refractivity contribution in [2.24, 2.45) is 0 Å². The molecule has 1 rings (SSSR count). The van der Waals surface area contributed by atoms with Crippen molar-refractivity contribution in [3.63, 3.8) is 0 Å². The van der Waals surface area contributed by atoms with Crippen molar-refractivity contribution >= 4 is 29.3 Å². The lowest BCUT2D eigenvalue weighted by Crippen LogP contribution is -2.34. The fourth-order valence-corrected chi connectivity index (χ4v) is 2.49. The molecule has 21 heavy (non-hydrogen) atoms. The molecule has 0 N–H and O–H groups in total. The first-order chi connectivity index (χ1) is 10.1. The summed E-state index contributed by atoms with van der Waals surface area (Å²) in [7, 11) is 2.91. The van der Waals surface area contributed by atoms with Crippen LogP contribution >= 0.6 is 11.3 Å². The van der Waals surface area contributed by atoms with E-state index in [1.807, 2.05) is 18.4 Å². The molecule has 6 heteroatoms. The molecule has 5 nitrogen and oxygen atoms in total. The van der Waals surface area contributed by atoms with Crippen molar-refractivity contribution in [3.8, 4) is 0 Å². The van der Waals surface area contributed by atoms with Crippen LogP contribution in [0.5, 0.6) is 0 Å². The highest BCUT2D eigenvalue weighted by Gasteiger charge is 2.12. The standard InChI is InChI=1S/C15H21NO4S/c1-12-7-11-21-13(12)4-5-14(17)16(9-10-19-2)8-6-15(18)20-3/h4-5,7,11H,6,8-10H2,1-3H3/b5-4+. The molecule has 1 heterocycles. The first kappa shape index (κ1) is 17.4. The third-order valence-electron chi connectivity index (χ3n) is 2.97. The van der Waals surface area contributed by atoms with E-state index in [0.29, 0.717) is 19.7 Å². The van der Waals surface area contributed by atoms with Gasteiger partial charge >= 0.3 is 5.97 Å². The molecule has 0 aliphatic heterocycles. The molecule has 1 aromatic rings. The zero-order valence-corrected chi connectivity index (χ0v) is 13.4. The van der Waals surface area contributed by atoms with Crippen molar-refractivity contribution in [1.29, 1.82) is 0 Å². The van der Waals surface area contributed by atoms with E-state index in [0.717, 1.165) is 10.4 Å². The van der Waals surface area contributed by atoms with Crippen molar-refractivity contribution in [2.45, 2.75) is 13.3 Å². The highest BCUT2D eigenvalue weighted by molar-refractivity contribution is 7.11. The zero-order valence-electron chi connectivity index (χ0n) is 12.6. The summed E-state index contributed by atoms with van der Waals surface area (Å²) in [5.41, 5.74) is 1.14. The summed E-state index contributed by atoms with van der Waals surface area (Å²) in [4.78, 5) is 26.0. The fraction of sp³-hybridized carbons (Fsp3) is 0.467. The van der Waals surface area contributed by atoms with Crippen LogP contribution < -0.4 is 0 Å². The lowest BCUT2D eigenvalue weighted by molar-refractivity contribution is -0.141. The highest BCUT2D eigenvalue weighted by Crippen LogP contribution is 2.17. The summed E-state index contributed by atoms with van der Waals surface area (Å²) in [5.74, 6) is -0.466. The maximum Gasteiger partial charge on any atom is 0.307 e. The molecule has 0 saturated carbocycles. The summed E-state index contributed by atoms with van der Waals surface area (Å²) in [6.07, 6.45) is 3.52. The number of aryl methyl sites for hydroxylation is 1. The molecule has 116 valence electrons. The molecule has 0 atom stereocenters. The molecule has 0 bridgehead atoms. The predicted octanol–water partition coefficient (Wildman–Crippen LogP) is 2.11. The lowest BCUT2D eigenvalue weighted by atomic mass is 10.2. The maximum absolute atomic E-state index is 12.2. The summed E-state index contributed by atoms with van der Waals surface area (Å²) < 4.78 is 9.59. The Kier molecular flexibility index (Phi) is 7.71. The van der Waals surface area contributed by atoms with Crippen molar-refractivity contribution in [1.82, 2.24) is 4.90 Å². The first-order valence-corrected chi connectivity index (χ1v) is 7.53. The van der Waals surface area contributed by atoms with Crippen LogP contribution in [0.3, 0.4) is 0 Å². The second-order valence-electron chi connectivity index (χ2n) is 4.45. The van der Waals surface area contributed by atoms with Crippen LogP contribution in [0.2, 0.25) is 0 Å². The van der Waals surface area contributed by atoms with Crippen LogP contribution in [0.25, 0.3) is 6.08 Å². The van der Waals surface area contributed by atoms with Crippen molar-refractivity contribution in [3.05, 3.63) is 28.0 Å². The van der Waals surface area contributed by atoms with Gasteiger partial charge in [0.1, 0.15) is 0 Å². The predicted molar refractivity (Wildman–Crippen MR) is 83.2 cm³/mol. The largest absolute Gasteiger partial charge is 0.469 e. The van der Waals surface area contributed by atoms with E-state index >= 15 is 0 Å². The van der Waals surface area contributed by atoms with Gasteiger partial charge in [0.15, 0.2) is 0 Å². The molecule has 0 aromatic carbocycles. The molecule has 0 fully saturated rings. The quantitative estimate of drug-likeness (QED) is 0.545. The van der Waals surface area contributed by atoms with Gasteiger partial charge in [-0.1, -0.05) is 0 Å². The Morgan fingerprint density at radius 3 is 2.67 bits per heavy atom. The number of esters is 1. The first-order valence-electron chi connectivity index (χ1n) is 6.65. The number of nitrogens with zero attached hydrogens (tertiary/aromatic N) is 1. The Bertz CT molecular complexity index is 496. The Labute approximate surface area is 129 Å². The van der Waals surface area contributed by atoms with E-state index in [2.05, 4.69) is 4.74 Å². The molecule has 0 unspecified atom stereocenters. The van der Waals surface area contributed by atoms with E-state index in [1.165, 1.54) is 13.2 Å². The molecule has 0 saturated heterocycles. The Hall–Kier alpha value is -1.66. The number of hydrogen-bond acceptors (Lipinski definition) is 5. The maximum atomic E-state index is 12.2. The summed E-state index contributed by atoms with van der Waals surface area (Å²) in [5, 5.41) is 1.99. The van der Waals surface area contributed by atoms with Crippen LogP contribution in [0.1, 0.15) is 16.9 Å². The SMILES string of the molecule is COCCN(CCC(=O)OC)C(=O)/C=C/c1sccc1C. The number of rotatable bonds is 8. The van der Waals surface area contributed by atoms with Gasteiger partial charge in [-0.25, -0.2) is 0 Å². The minimum absolute atomic E-state index is 0.135. The van der Waals surface area contributed by atoms with Gasteiger partial charge in [-0.05, 0) is 30.0 Å². The number of carbonyl (C=O) groups is 2. The lowest BCUT2D eigenvalue weighted by Gasteiger charge is -2.20. The third-order valence-corrected chi connectivity index (χ3v) is 3.95. The smallest absolute Gasteiger partial charge is 0.307 e. The average molecular weight is 311 g/mol. The third kappa shape index (κ3) is 6.10. The number of hydrogen-bond donors (Lipinski definition) is 0. The minimum Gasteiger partial charge on any atom is -0.469 e. The zero-order chi connectivity index (χ0) is 15.7. The molecular weight excluding hydrogens is 290 g/mol. The second-order valence-corrected chi connectivity index (χ2v) is 5.39. The van der Waals surface area contributed by atoms with Gasteiger partial charge in [-0.3, -0.25) is 9.59 Å². The van der Waals surface area contributed by atoms with Crippen LogP contribution in [-0.4, -0.2) is 50.7 Å². The number of carbonyl (C=O) groups excluding carboxylic acids is 2. The van der Waals surface area contributed by atoms with Crippen molar-refractivity contribution < 1.29 is 19.1 Å².